The highest BCUT2D eigenvalue weighted by atomic mass is 79.9. The summed E-state index contributed by atoms with van der Waals surface area (Å²) in [4.78, 5) is 14.0. The Labute approximate surface area is 128 Å². The van der Waals surface area contributed by atoms with Crippen molar-refractivity contribution in [2.75, 3.05) is 6.26 Å². The van der Waals surface area contributed by atoms with Gasteiger partial charge in [0.25, 0.3) is 0 Å². The Balaban J connectivity index is 2.46. The van der Waals surface area contributed by atoms with Crippen molar-refractivity contribution in [1.29, 1.82) is 0 Å². The molecule has 0 radical (unpaired) electrons. The minimum atomic E-state index is -0.889. The second-order valence-electron chi connectivity index (χ2n) is 3.67. The van der Waals surface area contributed by atoms with Gasteiger partial charge in [-0.3, -0.25) is 0 Å². The van der Waals surface area contributed by atoms with Crippen LogP contribution in [0.2, 0.25) is 0 Å². The van der Waals surface area contributed by atoms with Gasteiger partial charge < -0.3 is 5.11 Å². The molecule has 0 amide bonds. The molecule has 0 fully saturated rings. The van der Waals surface area contributed by atoms with E-state index in [4.69, 9.17) is 0 Å². The zero-order valence-corrected chi connectivity index (χ0v) is 13.3. The molecule has 0 aliphatic heterocycles. The summed E-state index contributed by atoms with van der Waals surface area (Å²) < 4.78 is 0.964. The first-order chi connectivity index (χ1) is 9.13. The molecule has 0 saturated carbocycles. The van der Waals surface area contributed by atoms with Crippen molar-refractivity contribution in [3.05, 3.63) is 52.5 Å². The zero-order chi connectivity index (χ0) is 13.8. The second kappa shape index (κ2) is 6.50. The largest absolute Gasteiger partial charge is 0.478 e. The highest BCUT2D eigenvalue weighted by Gasteiger charge is 2.16. The molecule has 0 heterocycles. The smallest absolute Gasteiger partial charge is 0.337 e. The first-order valence-corrected chi connectivity index (χ1v) is 8.29. The maximum atomic E-state index is 11.4. The summed E-state index contributed by atoms with van der Waals surface area (Å²) in [6, 6.07) is 13.3. The van der Waals surface area contributed by atoms with Crippen LogP contribution in [0.5, 0.6) is 0 Å². The molecule has 0 aromatic heterocycles. The van der Waals surface area contributed by atoms with E-state index in [1.165, 1.54) is 23.5 Å². The van der Waals surface area contributed by atoms with Gasteiger partial charge in [0.2, 0.25) is 0 Å². The molecular formula is C14H11BrO2S2. The van der Waals surface area contributed by atoms with Crippen LogP contribution in [-0.2, 0) is 0 Å². The number of hydrogen-bond donors (Lipinski definition) is 1. The Morgan fingerprint density at radius 1 is 1.05 bits per heavy atom. The van der Waals surface area contributed by atoms with Gasteiger partial charge in [0.05, 0.1) is 5.56 Å². The van der Waals surface area contributed by atoms with Gasteiger partial charge in [-0.2, -0.15) is 0 Å². The lowest BCUT2D eigenvalue weighted by Gasteiger charge is -2.10. The van der Waals surface area contributed by atoms with E-state index < -0.39 is 5.97 Å². The summed E-state index contributed by atoms with van der Waals surface area (Å²) in [6.45, 7) is 0. The summed E-state index contributed by atoms with van der Waals surface area (Å²) in [7, 11) is 0. The number of carbonyl (C=O) groups is 1. The summed E-state index contributed by atoms with van der Waals surface area (Å²) in [5.74, 6) is -0.889. The molecule has 0 atom stereocenters. The van der Waals surface area contributed by atoms with Gasteiger partial charge in [0, 0.05) is 19.2 Å². The quantitative estimate of drug-likeness (QED) is 0.782. The Morgan fingerprint density at radius 2 is 1.68 bits per heavy atom. The van der Waals surface area contributed by atoms with E-state index in [2.05, 4.69) is 15.9 Å². The Kier molecular flexibility index (Phi) is 4.96. The van der Waals surface area contributed by atoms with E-state index in [0.717, 1.165) is 19.2 Å². The number of aromatic carboxylic acids is 1. The van der Waals surface area contributed by atoms with E-state index in [0.29, 0.717) is 5.56 Å². The zero-order valence-electron chi connectivity index (χ0n) is 10.1. The standard InChI is InChI=1S/C14H11BrO2S2/c1-18-11-7-4-8-12(13(11)14(16)17)19-10-6-3-2-5-9(10)15/h2-8H,1H3,(H,16,17). The second-order valence-corrected chi connectivity index (χ2v) is 6.46. The van der Waals surface area contributed by atoms with Gasteiger partial charge in [0.1, 0.15) is 0 Å². The molecule has 19 heavy (non-hydrogen) atoms. The van der Waals surface area contributed by atoms with Crippen LogP contribution < -0.4 is 0 Å². The topological polar surface area (TPSA) is 37.3 Å². The number of rotatable bonds is 4. The van der Waals surface area contributed by atoms with Crippen molar-refractivity contribution in [2.45, 2.75) is 14.7 Å². The lowest BCUT2D eigenvalue weighted by Crippen LogP contribution is -2.01. The number of carboxylic acids is 1. The van der Waals surface area contributed by atoms with Crippen molar-refractivity contribution in [2.24, 2.45) is 0 Å². The van der Waals surface area contributed by atoms with Gasteiger partial charge >= 0.3 is 5.97 Å². The van der Waals surface area contributed by atoms with Gasteiger partial charge in [0.15, 0.2) is 0 Å². The summed E-state index contributed by atoms with van der Waals surface area (Å²) >= 11 is 6.38. The van der Waals surface area contributed by atoms with E-state index in [1.54, 1.807) is 0 Å². The molecule has 0 aliphatic rings. The number of carboxylic acid groups (broad SMARTS) is 1. The molecule has 2 aromatic carbocycles. The molecule has 2 aromatic rings. The van der Waals surface area contributed by atoms with Crippen molar-refractivity contribution in [3.8, 4) is 0 Å². The average molecular weight is 355 g/mol. The van der Waals surface area contributed by atoms with Gasteiger partial charge in [-0.15, -0.1) is 11.8 Å². The number of hydrogen-bond acceptors (Lipinski definition) is 3. The number of thioether (sulfide) groups is 1. The third-order valence-electron chi connectivity index (χ3n) is 2.48. The first kappa shape index (κ1) is 14.5. The van der Waals surface area contributed by atoms with Crippen LogP contribution in [0.4, 0.5) is 0 Å². The van der Waals surface area contributed by atoms with E-state index >= 15 is 0 Å². The normalized spacial score (nSPS) is 10.4. The molecule has 0 saturated heterocycles. The first-order valence-electron chi connectivity index (χ1n) is 5.46. The lowest BCUT2D eigenvalue weighted by molar-refractivity contribution is 0.0689. The monoisotopic (exact) mass is 354 g/mol. The predicted octanol–water partition coefficient (Wildman–Crippen LogP) is 5.02. The molecule has 0 aliphatic carbocycles. The minimum Gasteiger partial charge on any atom is -0.478 e. The van der Waals surface area contributed by atoms with Gasteiger partial charge in [-0.25, -0.2) is 4.79 Å². The summed E-state index contributed by atoms with van der Waals surface area (Å²) in [6.07, 6.45) is 1.88. The highest BCUT2D eigenvalue weighted by Crippen LogP contribution is 2.37. The third-order valence-corrected chi connectivity index (χ3v) is 5.35. The van der Waals surface area contributed by atoms with Gasteiger partial charge in [-0.1, -0.05) is 30.0 Å². The Bertz CT molecular complexity index is 614. The SMILES string of the molecule is CSc1cccc(Sc2ccccc2Br)c1C(=O)O. The molecule has 5 heteroatoms. The van der Waals surface area contributed by atoms with Crippen LogP contribution >= 0.6 is 39.5 Å². The predicted molar refractivity (Wildman–Crippen MR) is 83.4 cm³/mol. The Hall–Kier alpha value is -0.910. The molecule has 2 nitrogen and oxygen atoms in total. The van der Waals surface area contributed by atoms with Crippen LogP contribution in [0.1, 0.15) is 10.4 Å². The number of benzene rings is 2. The fourth-order valence-corrected chi connectivity index (χ4v) is 3.83. The lowest BCUT2D eigenvalue weighted by atomic mass is 10.2. The molecule has 2 rings (SSSR count). The van der Waals surface area contributed by atoms with Crippen molar-refractivity contribution in [1.82, 2.24) is 0 Å². The summed E-state index contributed by atoms with van der Waals surface area (Å²) in [5, 5.41) is 9.39. The minimum absolute atomic E-state index is 0.371. The van der Waals surface area contributed by atoms with E-state index in [-0.39, 0.29) is 0 Å². The van der Waals surface area contributed by atoms with Crippen molar-refractivity contribution >= 4 is 45.4 Å². The molecular weight excluding hydrogens is 344 g/mol. The maximum Gasteiger partial charge on any atom is 0.337 e. The third kappa shape index (κ3) is 3.35. The summed E-state index contributed by atoms with van der Waals surface area (Å²) in [5.41, 5.74) is 0.371. The highest BCUT2D eigenvalue weighted by molar-refractivity contribution is 9.10. The van der Waals surface area contributed by atoms with Crippen LogP contribution in [0.25, 0.3) is 0 Å². The molecule has 0 spiro atoms. The number of halogens is 1. The van der Waals surface area contributed by atoms with Crippen LogP contribution in [0, 0.1) is 0 Å². The van der Waals surface area contributed by atoms with Crippen LogP contribution in [-0.4, -0.2) is 17.3 Å². The van der Waals surface area contributed by atoms with Gasteiger partial charge in [-0.05, 0) is 46.5 Å². The van der Waals surface area contributed by atoms with E-state index in [1.807, 2.05) is 48.7 Å². The Morgan fingerprint density at radius 3 is 2.32 bits per heavy atom. The fourth-order valence-electron chi connectivity index (χ4n) is 1.62. The van der Waals surface area contributed by atoms with Crippen molar-refractivity contribution < 1.29 is 9.90 Å². The maximum absolute atomic E-state index is 11.4. The molecule has 98 valence electrons. The molecule has 0 unspecified atom stereocenters. The van der Waals surface area contributed by atoms with Crippen molar-refractivity contribution in [3.63, 3.8) is 0 Å². The van der Waals surface area contributed by atoms with E-state index in [9.17, 15) is 9.90 Å². The fraction of sp³-hybridized carbons (Fsp3) is 0.0714. The molecule has 1 N–H and O–H groups in total. The molecule has 0 bridgehead atoms. The average Bonchev–Trinajstić information content (AvgIpc) is 2.40. The van der Waals surface area contributed by atoms with Crippen LogP contribution in [0.3, 0.4) is 0 Å². The van der Waals surface area contributed by atoms with Crippen LogP contribution in [0.15, 0.2) is 61.6 Å².